The van der Waals surface area contributed by atoms with Crippen LogP contribution in [0.1, 0.15) is 13.3 Å². The van der Waals surface area contributed by atoms with Gasteiger partial charge in [0.05, 0.1) is 12.5 Å². The van der Waals surface area contributed by atoms with Gasteiger partial charge in [-0.3, -0.25) is 4.79 Å². The van der Waals surface area contributed by atoms with Crippen LogP contribution >= 0.6 is 0 Å². The van der Waals surface area contributed by atoms with Gasteiger partial charge in [0.25, 0.3) is 0 Å². The van der Waals surface area contributed by atoms with E-state index in [1.807, 2.05) is 12.5 Å². The summed E-state index contributed by atoms with van der Waals surface area (Å²) in [6.07, 6.45) is 4.60. The van der Waals surface area contributed by atoms with Crippen LogP contribution in [-0.4, -0.2) is 41.3 Å². The maximum atomic E-state index is 10.6. The van der Waals surface area contributed by atoms with Crippen molar-refractivity contribution in [1.82, 2.24) is 5.32 Å². The van der Waals surface area contributed by atoms with E-state index in [1.165, 1.54) is 6.92 Å². The normalized spacial score (nSPS) is 12.6. The summed E-state index contributed by atoms with van der Waals surface area (Å²) in [4.78, 5) is 21.3. The maximum absolute atomic E-state index is 10.6. The lowest BCUT2D eigenvalue weighted by molar-refractivity contribution is -0.141. The average molecular weight is 206 g/mol. The number of carbonyl (C=O) groups excluding carboxylic acids is 1. The highest BCUT2D eigenvalue weighted by molar-refractivity contribution is 7.95. The molecular formula is C8H16NO3S+. The molecule has 0 aromatic carbocycles. The highest BCUT2D eigenvalue weighted by atomic mass is 32.2. The van der Waals surface area contributed by atoms with E-state index in [0.29, 0.717) is 6.42 Å². The van der Waals surface area contributed by atoms with Gasteiger partial charge < -0.3 is 10.4 Å². The van der Waals surface area contributed by atoms with Crippen molar-refractivity contribution in [3.8, 4) is 0 Å². The predicted octanol–water partition coefficient (Wildman–Crippen LogP) is -0.156. The van der Waals surface area contributed by atoms with E-state index in [2.05, 4.69) is 5.32 Å². The van der Waals surface area contributed by atoms with Crippen molar-refractivity contribution in [3.05, 3.63) is 0 Å². The Hall–Kier alpha value is -0.710. The molecule has 0 aliphatic carbocycles. The topological polar surface area (TPSA) is 66.4 Å². The molecule has 0 aliphatic rings. The third kappa shape index (κ3) is 6.45. The highest BCUT2D eigenvalue weighted by Crippen LogP contribution is 1.97. The van der Waals surface area contributed by atoms with Gasteiger partial charge in [0, 0.05) is 13.3 Å². The Labute approximate surface area is 81.1 Å². The molecule has 76 valence electrons. The van der Waals surface area contributed by atoms with Gasteiger partial charge in [-0.25, -0.2) is 4.79 Å². The van der Waals surface area contributed by atoms with E-state index in [9.17, 15) is 9.59 Å². The average Bonchev–Trinajstić information content (AvgIpc) is 1.96. The molecule has 0 saturated heterocycles. The first-order valence-corrected chi connectivity index (χ1v) is 6.18. The molecule has 0 aromatic heterocycles. The number of nitrogens with one attached hydrogen (secondary N) is 1. The molecule has 5 heteroatoms. The third-order valence-electron chi connectivity index (χ3n) is 1.49. The Bertz CT molecular complexity index is 194. The fourth-order valence-corrected chi connectivity index (χ4v) is 1.56. The van der Waals surface area contributed by atoms with Crippen LogP contribution in [0.15, 0.2) is 0 Å². The number of rotatable bonds is 5. The standard InChI is InChI=1S/C8H15NO3S/c1-6(10)9-7(8(11)12)4-5-13(2)3/h7H,4-5H2,1-3H3,(H-,9,10,11,12)/p+1/t7-/m0/s1. The van der Waals surface area contributed by atoms with Gasteiger partial charge in [0.2, 0.25) is 5.91 Å². The second-order valence-corrected chi connectivity index (χ2v) is 5.45. The van der Waals surface area contributed by atoms with Crippen molar-refractivity contribution in [2.75, 3.05) is 18.3 Å². The zero-order chi connectivity index (χ0) is 10.4. The molecule has 0 spiro atoms. The van der Waals surface area contributed by atoms with Crippen molar-refractivity contribution < 1.29 is 14.7 Å². The van der Waals surface area contributed by atoms with Crippen LogP contribution in [0.4, 0.5) is 0 Å². The van der Waals surface area contributed by atoms with Crippen LogP contribution in [0, 0.1) is 0 Å². The molecule has 0 heterocycles. The van der Waals surface area contributed by atoms with E-state index in [1.54, 1.807) is 0 Å². The lowest BCUT2D eigenvalue weighted by atomic mass is 10.2. The number of carboxylic acids is 1. The van der Waals surface area contributed by atoms with Crippen molar-refractivity contribution in [3.63, 3.8) is 0 Å². The van der Waals surface area contributed by atoms with Crippen LogP contribution in [0.2, 0.25) is 0 Å². The van der Waals surface area contributed by atoms with Gasteiger partial charge in [-0.2, -0.15) is 0 Å². The van der Waals surface area contributed by atoms with E-state index in [-0.39, 0.29) is 16.8 Å². The second-order valence-electron chi connectivity index (χ2n) is 3.07. The molecule has 0 rings (SSSR count). The molecule has 13 heavy (non-hydrogen) atoms. The Morgan fingerprint density at radius 2 is 2.00 bits per heavy atom. The van der Waals surface area contributed by atoms with Crippen LogP contribution in [0.3, 0.4) is 0 Å². The molecule has 4 nitrogen and oxygen atoms in total. The van der Waals surface area contributed by atoms with Crippen molar-refractivity contribution in [2.24, 2.45) is 0 Å². The van der Waals surface area contributed by atoms with E-state index < -0.39 is 12.0 Å². The van der Waals surface area contributed by atoms with Crippen molar-refractivity contribution in [2.45, 2.75) is 19.4 Å². The van der Waals surface area contributed by atoms with Crippen molar-refractivity contribution >= 4 is 22.8 Å². The van der Waals surface area contributed by atoms with Crippen LogP contribution in [0.25, 0.3) is 0 Å². The van der Waals surface area contributed by atoms with Crippen LogP contribution < -0.4 is 5.32 Å². The number of carbonyl (C=O) groups is 2. The summed E-state index contributed by atoms with van der Waals surface area (Å²) in [7, 11) is 0.218. The SMILES string of the molecule is CC(=O)N[C@@H](CC[S+](C)C)C(=O)O. The third-order valence-corrected chi connectivity index (χ3v) is 2.54. The van der Waals surface area contributed by atoms with E-state index in [4.69, 9.17) is 5.11 Å². The second kappa shape index (κ2) is 5.85. The summed E-state index contributed by atoms with van der Waals surface area (Å²) >= 11 is 0. The number of amides is 1. The molecular weight excluding hydrogens is 190 g/mol. The van der Waals surface area contributed by atoms with Crippen LogP contribution in [-0.2, 0) is 20.5 Å². The first-order chi connectivity index (χ1) is 5.93. The fourth-order valence-electron chi connectivity index (χ4n) is 0.856. The highest BCUT2D eigenvalue weighted by Gasteiger charge is 2.20. The molecule has 1 atom stereocenters. The number of aliphatic carboxylic acids is 1. The molecule has 0 aliphatic heterocycles. The summed E-state index contributed by atoms with van der Waals surface area (Å²) < 4.78 is 0. The van der Waals surface area contributed by atoms with Gasteiger partial charge >= 0.3 is 5.97 Å². The van der Waals surface area contributed by atoms with Crippen LogP contribution in [0.5, 0.6) is 0 Å². The minimum atomic E-state index is -0.958. The molecule has 2 N–H and O–H groups in total. The molecule has 0 fully saturated rings. The molecule has 0 unspecified atom stereocenters. The van der Waals surface area contributed by atoms with Gasteiger partial charge in [0.1, 0.15) is 11.8 Å². The Morgan fingerprint density at radius 1 is 1.46 bits per heavy atom. The monoisotopic (exact) mass is 206 g/mol. The van der Waals surface area contributed by atoms with Gasteiger partial charge in [-0.1, -0.05) is 0 Å². The molecule has 0 bridgehead atoms. The smallest absolute Gasteiger partial charge is 0.326 e. The van der Waals surface area contributed by atoms with Gasteiger partial charge in [-0.15, -0.1) is 0 Å². The summed E-state index contributed by atoms with van der Waals surface area (Å²) in [6.45, 7) is 1.33. The number of hydrogen-bond donors (Lipinski definition) is 2. The lowest BCUT2D eigenvalue weighted by Crippen LogP contribution is -2.40. The van der Waals surface area contributed by atoms with E-state index >= 15 is 0 Å². The molecule has 0 aromatic rings. The summed E-state index contributed by atoms with van der Waals surface area (Å²) in [5, 5.41) is 11.1. The molecule has 1 amide bonds. The Morgan fingerprint density at radius 3 is 2.31 bits per heavy atom. The minimum absolute atomic E-state index is 0.218. The molecule has 0 radical (unpaired) electrons. The quantitative estimate of drug-likeness (QED) is 0.614. The van der Waals surface area contributed by atoms with Crippen molar-refractivity contribution in [1.29, 1.82) is 0 Å². The Kier molecular flexibility index (Phi) is 5.53. The first-order valence-electron chi connectivity index (χ1n) is 3.97. The largest absolute Gasteiger partial charge is 0.480 e. The Balaban J connectivity index is 3.95. The number of hydrogen-bond acceptors (Lipinski definition) is 2. The lowest BCUT2D eigenvalue weighted by Gasteiger charge is -2.11. The number of carboxylic acid groups (broad SMARTS) is 1. The van der Waals surface area contributed by atoms with E-state index in [0.717, 1.165) is 5.75 Å². The first kappa shape index (κ1) is 12.3. The van der Waals surface area contributed by atoms with Gasteiger partial charge in [-0.05, 0) is 10.9 Å². The zero-order valence-electron chi connectivity index (χ0n) is 8.16. The summed E-state index contributed by atoms with van der Waals surface area (Å²) in [5.41, 5.74) is 0. The minimum Gasteiger partial charge on any atom is -0.480 e. The van der Waals surface area contributed by atoms with Gasteiger partial charge in [0.15, 0.2) is 0 Å². The summed E-state index contributed by atoms with van der Waals surface area (Å²) in [5.74, 6) is -0.419. The zero-order valence-corrected chi connectivity index (χ0v) is 8.98. The summed E-state index contributed by atoms with van der Waals surface area (Å²) in [6, 6.07) is -0.729. The maximum Gasteiger partial charge on any atom is 0.326 e. The fraction of sp³-hybridized carbons (Fsp3) is 0.750. The predicted molar refractivity (Wildman–Crippen MR) is 53.9 cm³/mol. The molecule has 0 saturated carbocycles.